The molecule has 1 saturated heterocycles. The summed E-state index contributed by atoms with van der Waals surface area (Å²) >= 11 is 0. The molecule has 0 N–H and O–H groups in total. The lowest BCUT2D eigenvalue weighted by Crippen LogP contribution is -2.55. The fraction of sp³-hybridized carbons (Fsp3) is 0.778. The third-order valence-corrected chi connectivity index (χ3v) is 5.48. The Labute approximate surface area is 120 Å². The highest BCUT2D eigenvalue weighted by Crippen LogP contribution is 2.36. The Balaban J connectivity index is 2.10. The van der Waals surface area contributed by atoms with Gasteiger partial charge in [0.2, 0.25) is 0 Å². The first kappa shape index (κ1) is 14.8. The predicted octanol–water partition coefficient (Wildman–Crippen LogP) is 4.41. The highest BCUT2D eigenvalue weighted by atomic mass is 15.4. The summed E-state index contributed by atoms with van der Waals surface area (Å²) in [4.78, 5) is 0. The van der Waals surface area contributed by atoms with Gasteiger partial charge in [-0.05, 0) is 50.5 Å². The van der Waals surface area contributed by atoms with Gasteiger partial charge in [-0.2, -0.15) is 0 Å². The van der Waals surface area contributed by atoms with Crippen molar-refractivity contribution in [2.24, 2.45) is 17.8 Å². The van der Waals surface area contributed by atoms with E-state index >= 15 is 0 Å². The summed E-state index contributed by atoms with van der Waals surface area (Å²) in [6.45, 7) is 16.5. The highest BCUT2D eigenvalue weighted by molar-refractivity contribution is 5.08. The summed E-state index contributed by atoms with van der Waals surface area (Å²) in [6, 6.07) is 0. The molecule has 1 nitrogen and oxygen atoms in total. The molecule has 0 radical (unpaired) electrons. The van der Waals surface area contributed by atoms with Crippen LogP contribution in [0.1, 0.15) is 46.5 Å². The molecule has 0 aromatic heterocycles. The number of quaternary nitrogens is 1. The number of nitrogens with zero attached hydrogens (tertiary/aromatic N) is 1. The van der Waals surface area contributed by atoms with E-state index in [1.54, 1.807) is 5.57 Å². The van der Waals surface area contributed by atoms with Crippen molar-refractivity contribution in [2.45, 2.75) is 46.5 Å². The summed E-state index contributed by atoms with van der Waals surface area (Å²) in [5, 5.41) is 0. The maximum Gasteiger partial charge on any atom is 0.0971 e. The van der Waals surface area contributed by atoms with Gasteiger partial charge in [-0.15, -0.1) is 0 Å². The summed E-state index contributed by atoms with van der Waals surface area (Å²) < 4.78 is 1.32. The summed E-state index contributed by atoms with van der Waals surface area (Å²) in [7, 11) is 0. The van der Waals surface area contributed by atoms with Gasteiger partial charge in [0.15, 0.2) is 0 Å². The smallest absolute Gasteiger partial charge is 0.0971 e. The molecule has 19 heavy (non-hydrogen) atoms. The number of hydrogen-bond acceptors (Lipinski definition) is 0. The molecule has 2 aliphatic rings. The van der Waals surface area contributed by atoms with Crippen molar-refractivity contribution in [1.29, 1.82) is 0 Å². The molecule has 1 fully saturated rings. The van der Waals surface area contributed by atoms with Gasteiger partial charge in [-0.25, -0.2) is 0 Å². The molecule has 0 spiro atoms. The van der Waals surface area contributed by atoms with Crippen LogP contribution in [-0.4, -0.2) is 30.7 Å². The highest BCUT2D eigenvalue weighted by Gasteiger charge is 2.37. The minimum atomic E-state index is 0.755. The van der Waals surface area contributed by atoms with E-state index in [9.17, 15) is 0 Å². The Kier molecular flexibility index (Phi) is 4.89. The van der Waals surface area contributed by atoms with Crippen molar-refractivity contribution in [2.75, 3.05) is 26.2 Å². The molecule has 2 rings (SSSR count). The quantitative estimate of drug-likeness (QED) is 0.520. The molecule has 1 heteroatoms. The average molecular weight is 262 g/mol. The first-order valence-electron chi connectivity index (χ1n) is 8.19. The summed E-state index contributed by atoms with van der Waals surface area (Å²) in [5.41, 5.74) is 1.60. The second-order valence-corrected chi connectivity index (χ2v) is 7.22. The van der Waals surface area contributed by atoms with Crippen LogP contribution in [0.2, 0.25) is 0 Å². The van der Waals surface area contributed by atoms with Crippen LogP contribution in [-0.2, 0) is 0 Å². The standard InChI is InChI=1S/C18H32N/c1-5-9-19(10-7-6-8-11-19)14-18-16(3)12-15(2)13-17(18)4/h5,12,16-18H,1,6-11,13-14H2,2-4H3/q+1/t16-,17-,18-/m0/s1. The number of piperidine rings is 1. The van der Waals surface area contributed by atoms with Crippen molar-refractivity contribution in [3.63, 3.8) is 0 Å². The molecule has 0 saturated carbocycles. The largest absolute Gasteiger partial charge is 0.320 e. The SMILES string of the molecule is C=CC[N+]1(C[C@H]2[C@@H](C)C=C(C)C[C@@H]2C)CCCCC1. The third kappa shape index (κ3) is 3.51. The Morgan fingerprint density at radius 2 is 1.95 bits per heavy atom. The number of likely N-dealkylation sites (tertiary alicyclic amines) is 1. The van der Waals surface area contributed by atoms with E-state index in [4.69, 9.17) is 0 Å². The average Bonchev–Trinajstić information content (AvgIpc) is 2.35. The fourth-order valence-electron chi connectivity index (χ4n) is 4.51. The third-order valence-electron chi connectivity index (χ3n) is 5.48. The van der Waals surface area contributed by atoms with Gasteiger partial charge in [-0.1, -0.05) is 32.1 Å². The predicted molar refractivity (Wildman–Crippen MR) is 84.0 cm³/mol. The number of allylic oxidation sites excluding steroid dienone is 2. The molecule has 0 aromatic carbocycles. The van der Waals surface area contributed by atoms with Gasteiger partial charge in [0.05, 0.1) is 26.2 Å². The van der Waals surface area contributed by atoms with Crippen LogP contribution in [0.15, 0.2) is 24.3 Å². The zero-order valence-corrected chi connectivity index (χ0v) is 13.2. The molecule has 108 valence electrons. The number of hydrogen-bond donors (Lipinski definition) is 0. The van der Waals surface area contributed by atoms with E-state index in [-0.39, 0.29) is 0 Å². The maximum atomic E-state index is 4.02. The molecular formula is C18H32N+. The Morgan fingerprint density at radius 3 is 2.53 bits per heavy atom. The van der Waals surface area contributed by atoms with Crippen LogP contribution in [0.4, 0.5) is 0 Å². The molecule has 0 amide bonds. The molecule has 1 aliphatic heterocycles. The molecule has 0 aromatic rings. The van der Waals surface area contributed by atoms with Gasteiger partial charge in [0.1, 0.15) is 0 Å². The van der Waals surface area contributed by atoms with Crippen molar-refractivity contribution >= 4 is 0 Å². The van der Waals surface area contributed by atoms with Crippen LogP contribution in [0.5, 0.6) is 0 Å². The van der Waals surface area contributed by atoms with E-state index in [2.05, 4.69) is 39.5 Å². The Hall–Kier alpha value is -0.560. The molecule has 1 heterocycles. The second kappa shape index (κ2) is 6.26. The van der Waals surface area contributed by atoms with E-state index in [0.717, 1.165) is 17.8 Å². The molecule has 0 bridgehead atoms. The first-order valence-corrected chi connectivity index (χ1v) is 8.19. The molecule has 3 atom stereocenters. The van der Waals surface area contributed by atoms with Crippen molar-refractivity contribution in [3.8, 4) is 0 Å². The fourth-order valence-corrected chi connectivity index (χ4v) is 4.51. The topological polar surface area (TPSA) is 0 Å². The van der Waals surface area contributed by atoms with Gasteiger partial charge >= 0.3 is 0 Å². The van der Waals surface area contributed by atoms with Crippen LogP contribution in [0.25, 0.3) is 0 Å². The zero-order chi connectivity index (χ0) is 13.9. The van der Waals surface area contributed by atoms with Crippen molar-refractivity contribution < 1.29 is 4.48 Å². The maximum absolute atomic E-state index is 4.02. The monoisotopic (exact) mass is 262 g/mol. The van der Waals surface area contributed by atoms with E-state index in [1.807, 2.05) is 0 Å². The lowest BCUT2D eigenvalue weighted by molar-refractivity contribution is -0.931. The molecule has 0 unspecified atom stereocenters. The lowest BCUT2D eigenvalue weighted by Gasteiger charge is -2.46. The van der Waals surface area contributed by atoms with E-state index in [1.165, 1.54) is 56.3 Å². The molecular weight excluding hydrogens is 230 g/mol. The van der Waals surface area contributed by atoms with Crippen molar-refractivity contribution in [1.82, 2.24) is 0 Å². The molecule has 1 aliphatic carbocycles. The summed E-state index contributed by atoms with van der Waals surface area (Å²) in [5.74, 6) is 2.47. The summed E-state index contributed by atoms with van der Waals surface area (Å²) in [6.07, 6.45) is 10.3. The lowest BCUT2D eigenvalue weighted by atomic mass is 9.74. The van der Waals surface area contributed by atoms with E-state index in [0.29, 0.717) is 0 Å². The minimum Gasteiger partial charge on any atom is -0.320 e. The normalized spacial score (nSPS) is 34.7. The van der Waals surface area contributed by atoms with Gasteiger partial charge in [0, 0.05) is 5.92 Å². The second-order valence-electron chi connectivity index (χ2n) is 7.22. The minimum absolute atomic E-state index is 0.755. The first-order chi connectivity index (χ1) is 9.06. The van der Waals surface area contributed by atoms with Gasteiger partial charge < -0.3 is 4.48 Å². The van der Waals surface area contributed by atoms with Crippen molar-refractivity contribution in [3.05, 3.63) is 24.3 Å². The number of rotatable bonds is 4. The zero-order valence-electron chi connectivity index (χ0n) is 13.2. The Morgan fingerprint density at radius 1 is 1.26 bits per heavy atom. The Bertz CT molecular complexity index is 336. The van der Waals surface area contributed by atoms with Gasteiger partial charge in [0.25, 0.3) is 0 Å². The van der Waals surface area contributed by atoms with Crippen LogP contribution in [0.3, 0.4) is 0 Å². The van der Waals surface area contributed by atoms with Gasteiger partial charge in [-0.3, -0.25) is 0 Å². The van der Waals surface area contributed by atoms with Crippen LogP contribution in [0, 0.1) is 17.8 Å². The van der Waals surface area contributed by atoms with Crippen LogP contribution < -0.4 is 0 Å². The van der Waals surface area contributed by atoms with Crippen LogP contribution >= 0.6 is 0 Å². The van der Waals surface area contributed by atoms with E-state index < -0.39 is 0 Å².